The maximum atomic E-state index is 12.0. The van der Waals surface area contributed by atoms with E-state index in [4.69, 9.17) is 0 Å². The number of nitrogens with zero attached hydrogens (tertiary/aromatic N) is 3. The molecule has 0 bridgehead atoms. The summed E-state index contributed by atoms with van der Waals surface area (Å²) in [6.07, 6.45) is 0. The van der Waals surface area contributed by atoms with Crippen molar-refractivity contribution in [1.82, 2.24) is 14.3 Å². The van der Waals surface area contributed by atoms with Crippen LogP contribution >= 0.6 is 0 Å². The molecule has 0 unspecified atom stereocenters. The van der Waals surface area contributed by atoms with Crippen LogP contribution in [0.4, 0.5) is 5.82 Å². The standard InChI is InChI=1S/C12H20N4O2/c1-11(2)9(12(11,3)4)13-7-8(17)15(5)10(18)16(6)14-7/h9H,1-6H3,(H,13,14). The lowest BCUT2D eigenvalue weighted by Gasteiger charge is -2.09. The van der Waals surface area contributed by atoms with Gasteiger partial charge in [0.15, 0.2) is 0 Å². The molecule has 1 fully saturated rings. The molecule has 0 spiro atoms. The van der Waals surface area contributed by atoms with Crippen molar-refractivity contribution >= 4 is 5.82 Å². The fraction of sp³-hybridized carbons (Fsp3) is 0.750. The maximum absolute atomic E-state index is 12.0. The second-order valence-corrected chi connectivity index (χ2v) is 6.14. The number of hydrogen-bond acceptors (Lipinski definition) is 4. The molecule has 0 saturated heterocycles. The minimum Gasteiger partial charge on any atom is -0.360 e. The fourth-order valence-corrected chi connectivity index (χ4v) is 2.48. The Kier molecular flexibility index (Phi) is 2.47. The van der Waals surface area contributed by atoms with Crippen LogP contribution in [-0.2, 0) is 14.1 Å². The summed E-state index contributed by atoms with van der Waals surface area (Å²) in [5.41, 5.74) is -0.584. The van der Waals surface area contributed by atoms with Crippen molar-refractivity contribution in [2.45, 2.75) is 33.7 Å². The molecule has 1 aromatic rings. The first-order valence-electron chi connectivity index (χ1n) is 6.01. The monoisotopic (exact) mass is 252 g/mol. The third kappa shape index (κ3) is 1.51. The molecule has 1 aliphatic rings. The number of aromatic nitrogens is 3. The SMILES string of the molecule is Cn1nc(NC2C(C)(C)C2(C)C)c(=O)n(C)c1=O. The van der Waals surface area contributed by atoms with Crippen LogP contribution in [-0.4, -0.2) is 20.4 Å². The van der Waals surface area contributed by atoms with Crippen LogP contribution in [0.5, 0.6) is 0 Å². The van der Waals surface area contributed by atoms with Gasteiger partial charge >= 0.3 is 5.69 Å². The van der Waals surface area contributed by atoms with Crippen LogP contribution in [0.1, 0.15) is 27.7 Å². The highest BCUT2D eigenvalue weighted by atomic mass is 16.2. The van der Waals surface area contributed by atoms with E-state index in [-0.39, 0.29) is 28.2 Å². The first-order valence-corrected chi connectivity index (χ1v) is 6.01. The summed E-state index contributed by atoms with van der Waals surface area (Å²) >= 11 is 0. The van der Waals surface area contributed by atoms with Gasteiger partial charge in [-0.05, 0) is 10.8 Å². The molecule has 0 atom stereocenters. The molecule has 1 aromatic heterocycles. The Labute approximate surface area is 106 Å². The van der Waals surface area contributed by atoms with Gasteiger partial charge in [0, 0.05) is 20.1 Å². The van der Waals surface area contributed by atoms with E-state index in [9.17, 15) is 9.59 Å². The molecule has 18 heavy (non-hydrogen) atoms. The minimum atomic E-state index is -0.417. The number of anilines is 1. The van der Waals surface area contributed by atoms with Gasteiger partial charge in [-0.2, -0.15) is 0 Å². The molecular weight excluding hydrogens is 232 g/mol. The van der Waals surface area contributed by atoms with E-state index < -0.39 is 5.69 Å². The number of rotatable bonds is 2. The van der Waals surface area contributed by atoms with E-state index in [0.29, 0.717) is 0 Å². The highest BCUT2D eigenvalue weighted by molar-refractivity contribution is 5.39. The Bertz CT molecular complexity index is 595. The molecule has 0 aromatic carbocycles. The van der Waals surface area contributed by atoms with Gasteiger partial charge in [0.25, 0.3) is 5.56 Å². The molecule has 0 aliphatic heterocycles. The van der Waals surface area contributed by atoms with Crippen molar-refractivity contribution in [3.8, 4) is 0 Å². The lowest BCUT2D eigenvalue weighted by molar-refractivity contribution is 0.457. The van der Waals surface area contributed by atoms with Crippen molar-refractivity contribution in [3.63, 3.8) is 0 Å². The van der Waals surface area contributed by atoms with Crippen LogP contribution in [0.3, 0.4) is 0 Å². The average Bonchev–Trinajstić information content (AvgIpc) is 2.65. The van der Waals surface area contributed by atoms with Crippen LogP contribution < -0.4 is 16.6 Å². The summed E-state index contributed by atoms with van der Waals surface area (Å²) in [4.78, 5) is 23.5. The zero-order valence-electron chi connectivity index (χ0n) is 11.7. The topological polar surface area (TPSA) is 68.9 Å². The van der Waals surface area contributed by atoms with E-state index in [1.165, 1.54) is 18.8 Å². The Morgan fingerprint density at radius 3 is 2.06 bits per heavy atom. The van der Waals surface area contributed by atoms with Crippen molar-refractivity contribution in [3.05, 3.63) is 20.8 Å². The molecule has 2 rings (SSSR count). The number of nitrogens with one attached hydrogen (secondary N) is 1. The normalized spacial score (nSPS) is 20.8. The fourth-order valence-electron chi connectivity index (χ4n) is 2.48. The average molecular weight is 252 g/mol. The van der Waals surface area contributed by atoms with Gasteiger partial charge in [-0.1, -0.05) is 27.7 Å². The van der Waals surface area contributed by atoms with Crippen LogP contribution in [0, 0.1) is 10.8 Å². The molecular formula is C12H20N4O2. The molecule has 6 nitrogen and oxygen atoms in total. The third-order valence-electron chi connectivity index (χ3n) is 4.62. The summed E-state index contributed by atoms with van der Waals surface area (Å²) in [6, 6.07) is 0.183. The molecule has 1 aliphatic carbocycles. The van der Waals surface area contributed by atoms with E-state index in [0.717, 1.165) is 4.57 Å². The Hall–Kier alpha value is -1.59. The molecule has 1 saturated carbocycles. The van der Waals surface area contributed by atoms with Gasteiger partial charge in [0.1, 0.15) is 0 Å². The van der Waals surface area contributed by atoms with Gasteiger partial charge in [0.2, 0.25) is 5.82 Å². The lowest BCUT2D eigenvalue weighted by atomic mass is 10.0. The van der Waals surface area contributed by atoms with Crippen molar-refractivity contribution in [2.75, 3.05) is 5.32 Å². The summed E-state index contributed by atoms with van der Waals surface area (Å²) in [7, 11) is 3.00. The summed E-state index contributed by atoms with van der Waals surface area (Å²) in [5.74, 6) is 0.239. The highest BCUT2D eigenvalue weighted by Crippen LogP contribution is 2.63. The van der Waals surface area contributed by atoms with Gasteiger partial charge in [0.05, 0.1) is 0 Å². The number of hydrogen-bond donors (Lipinski definition) is 1. The van der Waals surface area contributed by atoms with Crippen molar-refractivity contribution < 1.29 is 0 Å². The lowest BCUT2D eigenvalue weighted by Crippen LogP contribution is -2.40. The Balaban J connectivity index is 2.39. The zero-order valence-corrected chi connectivity index (χ0v) is 11.7. The van der Waals surface area contributed by atoms with E-state index in [1.54, 1.807) is 0 Å². The smallest absolute Gasteiger partial charge is 0.346 e. The highest BCUT2D eigenvalue weighted by Gasteiger charge is 2.65. The summed E-state index contributed by atoms with van der Waals surface area (Å²) in [6.45, 7) is 8.60. The van der Waals surface area contributed by atoms with E-state index >= 15 is 0 Å². The summed E-state index contributed by atoms with van der Waals surface area (Å²) in [5, 5.41) is 7.17. The second-order valence-electron chi connectivity index (χ2n) is 6.14. The zero-order chi connectivity index (χ0) is 13.9. The molecule has 0 amide bonds. The largest absolute Gasteiger partial charge is 0.360 e. The molecule has 0 radical (unpaired) electrons. The predicted molar refractivity (Wildman–Crippen MR) is 69.7 cm³/mol. The van der Waals surface area contributed by atoms with Crippen molar-refractivity contribution in [1.29, 1.82) is 0 Å². The second kappa shape index (κ2) is 3.46. The van der Waals surface area contributed by atoms with Gasteiger partial charge in [-0.15, -0.1) is 5.10 Å². The Morgan fingerprint density at radius 2 is 1.61 bits per heavy atom. The van der Waals surface area contributed by atoms with Crippen LogP contribution in [0.2, 0.25) is 0 Å². The molecule has 100 valence electrons. The predicted octanol–water partition coefficient (Wildman–Crippen LogP) is 0.325. The quantitative estimate of drug-likeness (QED) is 0.823. The third-order valence-corrected chi connectivity index (χ3v) is 4.62. The molecule has 1 N–H and O–H groups in total. The van der Waals surface area contributed by atoms with Gasteiger partial charge in [-0.25, -0.2) is 9.48 Å². The van der Waals surface area contributed by atoms with Gasteiger partial charge < -0.3 is 5.32 Å². The van der Waals surface area contributed by atoms with Crippen LogP contribution in [0.25, 0.3) is 0 Å². The molecule has 1 heterocycles. The van der Waals surface area contributed by atoms with E-state index in [2.05, 4.69) is 38.1 Å². The first-order chi connectivity index (χ1) is 8.10. The Morgan fingerprint density at radius 1 is 1.11 bits per heavy atom. The summed E-state index contributed by atoms with van der Waals surface area (Å²) < 4.78 is 2.24. The van der Waals surface area contributed by atoms with E-state index in [1.807, 2.05) is 0 Å². The molecule has 6 heteroatoms. The van der Waals surface area contributed by atoms with Gasteiger partial charge in [-0.3, -0.25) is 9.36 Å². The van der Waals surface area contributed by atoms with Crippen molar-refractivity contribution in [2.24, 2.45) is 24.9 Å². The maximum Gasteiger partial charge on any atom is 0.346 e. The first kappa shape index (κ1) is 12.9. The minimum absolute atomic E-state index is 0.106. The van der Waals surface area contributed by atoms with Crippen LogP contribution in [0.15, 0.2) is 9.59 Å². The number of aryl methyl sites for hydroxylation is 1.